The second kappa shape index (κ2) is 5.72. The molecule has 0 unspecified atom stereocenters. The summed E-state index contributed by atoms with van der Waals surface area (Å²) in [6.07, 6.45) is 6.84. The van der Waals surface area contributed by atoms with Crippen LogP contribution in [0.5, 0.6) is 0 Å². The van der Waals surface area contributed by atoms with Crippen LogP contribution in [0.3, 0.4) is 0 Å². The first-order chi connectivity index (χ1) is 11.4. The number of Topliss-reactive ketones (excluding diaryl/α,β-unsaturated/α-hetero) is 1. The van der Waals surface area contributed by atoms with Crippen LogP contribution in [-0.2, 0) is 9.53 Å². The van der Waals surface area contributed by atoms with Gasteiger partial charge in [0.05, 0.1) is 5.41 Å². The average molecular weight is 326 g/mol. The molecule has 1 aromatic carbocycles. The van der Waals surface area contributed by atoms with Gasteiger partial charge < -0.3 is 4.74 Å². The lowest BCUT2D eigenvalue weighted by Crippen LogP contribution is -2.50. The van der Waals surface area contributed by atoms with Crippen molar-refractivity contribution in [3.63, 3.8) is 0 Å². The van der Waals surface area contributed by atoms with Crippen LogP contribution in [0.15, 0.2) is 18.2 Å². The predicted molar refractivity (Wildman–Crippen MR) is 91.8 cm³/mol. The molecule has 128 valence electrons. The summed E-state index contributed by atoms with van der Waals surface area (Å²) in [5.41, 5.74) is 2.39. The van der Waals surface area contributed by atoms with E-state index >= 15 is 0 Å². The highest BCUT2D eigenvalue weighted by Crippen LogP contribution is 2.60. The van der Waals surface area contributed by atoms with E-state index in [1.54, 1.807) is 0 Å². The van der Waals surface area contributed by atoms with Crippen molar-refractivity contribution < 1.29 is 14.3 Å². The van der Waals surface area contributed by atoms with Crippen molar-refractivity contribution in [2.75, 3.05) is 6.61 Å². The smallest absolute Gasteiger partial charge is 0.312 e. The molecule has 5 rings (SSSR count). The molecule has 3 heteroatoms. The van der Waals surface area contributed by atoms with Crippen LogP contribution < -0.4 is 0 Å². The van der Waals surface area contributed by atoms with Crippen LogP contribution in [0.4, 0.5) is 0 Å². The largest absolute Gasteiger partial charge is 0.457 e. The van der Waals surface area contributed by atoms with Gasteiger partial charge in [0.15, 0.2) is 6.61 Å². The zero-order valence-corrected chi connectivity index (χ0v) is 14.6. The third kappa shape index (κ3) is 2.68. The zero-order valence-electron chi connectivity index (χ0n) is 14.6. The van der Waals surface area contributed by atoms with E-state index in [0.29, 0.717) is 23.3 Å². The van der Waals surface area contributed by atoms with E-state index in [4.69, 9.17) is 4.74 Å². The van der Waals surface area contributed by atoms with Gasteiger partial charge in [-0.05, 0) is 81.8 Å². The van der Waals surface area contributed by atoms with Gasteiger partial charge in [0.2, 0.25) is 5.78 Å². The fraction of sp³-hybridized carbons (Fsp3) is 0.619. The van der Waals surface area contributed by atoms with Crippen LogP contribution >= 0.6 is 0 Å². The third-order valence-corrected chi connectivity index (χ3v) is 6.50. The van der Waals surface area contributed by atoms with Crippen LogP contribution in [0, 0.1) is 37.0 Å². The van der Waals surface area contributed by atoms with Gasteiger partial charge in [-0.2, -0.15) is 0 Å². The molecule has 0 aliphatic heterocycles. The molecule has 3 nitrogen and oxygen atoms in total. The Morgan fingerprint density at radius 1 is 1.04 bits per heavy atom. The number of ether oxygens (including phenoxy) is 1. The predicted octanol–water partition coefficient (Wildman–Crippen LogP) is 4.25. The van der Waals surface area contributed by atoms with Gasteiger partial charge in [0.1, 0.15) is 0 Å². The van der Waals surface area contributed by atoms with E-state index in [2.05, 4.69) is 0 Å². The number of carbonyl (C=O) groups excluding carboxylic acids is 2. The van der Waals surface area contributed by atoms with E-state index in [0.717, 1.165) is 30.4 Å². The molecule has 1 aromatic rings. The third-order valence-electron chi connectivity index (χ3n) is 6.50. The van der Waals surface area contributed by atoms with E-state index in [-0.39, 0.29) is 23.8 Å². The van der Waals surface area contributed by atoms with Gasteiger partial charge in [0.25, 0.3) is 0 Å². The first-order valence-corrected chi connectivity index (χ1v) is 9.23. The number of ketones is 1. The monoisotopic (exact) mass is 326 g/mol. The Morgan fingerprint density at radius 3 is 2.21 bits per heavy atom. The van der Waals surface area contributed by atoms with Gasteiger partial charge in [-0.15, -0.1) is 0 Å². The molecular formula is C21H26O3. The highest BCUT2D eigenvalue weighted by Gasteiger charge is 2.55. The minimum Gasteiger partial charge on any atom is -0.457 e. The first kappa shape index (κ1) is 15.9. The molecule has 0 heterocycles. The standard InChI is InChI=1S/C21H26O3/c1-13-3-4-14(2)18(5-13)19(22)12-24-20(23)21-9-15-6-16(10-21)8-17(7-15)11-21/h3-5,15-17H,6-12H2,1-2H3. The van der Waals surface area contributed by atoms with Gasteiger partial charge in [-0.1, -0.05) is 17.7 Å². The number of hydrogen-bond donors (Lipinski definition) is 0. The number of rotatable bonds is 4. The van der Waals surface area contributed by atoms with Crippen LogP contribution in [-0.4, -0.2) is 18.4 Å². The maximum Gasteiger partial charge on any atom is 0.312 e. The average Bonchev–Trinajstić information content (AvgIpc) is 2.53. The molecule has 0 N–H and O–H groups in total. The summed E-state index contributed by atoms with van der Waals surface area (Å²) in [7, 11) is 0. The quantitative estimate of drug-likeness (QED) is 0.614. The molecule has 0 saturated heterocycles. The lowest BCUT2D eigenvalue weighted by atomic mass is 9.49. The molecular weight excluding hydrogens is 300 g/mol. The van der Waals surface area contributed by atoms with E-state index in [9.17, 15) is 9.59 Å². The number of benzene rings is 1. The summed E-state index contributed by atoms with van der Waals surface area (Å²) in [5.74, 6) is 1.92. The summed E-state index contributed by atoms with van der Waals surface area (Å²) in [4.78, 5) is 25.3. The van der Waals surface area contributed by atoms with Crippen LogP contribution in [0.1, 0.15) is 60.0 Å². The Bertz CT molecular complexity index is 653. The SMILES string of the molecule is Cc1ccc(C)c(C(=O)COC(=O)C23CC4CC(CC(C4)C2)C3)c1. The van der Waals surface area contributed by atoms with Gasteiger partial charge >= 0.3 is 5.97 Å². The second-order valence-corrected chi connectivity index (χ2v) is 8.52. The Hall–Kier alpha value is -1.64. The van der Waals surface area contributed by atoms with E-state index in [1.165, 1.54) is 19.3 Å². The molecule has 0 aromatic heterocycles. The molecule has 0 amide bonds. The molecule has 4 fully saturated rings. The number of carbonyl (C=O) groups is 2. The molecule has 4 aliphatic rings. The molecule has 4 bridgehead atoms. The molecule has 4 saturated carbocycles. The second-order valence-electron chi connectivity index (χ2n) is 8.52. The normalized spacial score (nSPS) is 33.5. The highest BCUT2D eigenvalue weighted by molar-refractivity contribution is 5.99. The van der Waals surface area contributed by atoms with Gasteiger partial charge in [-0.3, -0.25) is 9.59 Å². The highest BCUT2D eigenvalue weighted by atomic mass is 16.5. The number of aryl methyl sites for hydroxylation is 2. The van der Waals surface area contributed by atoms with Crippen molar-refractivity contribution in [2.24, 2.45) is 23.2 Å². The van der Waals surface area contributed by atoms with Crippen LogP contribution in [0.25, 0.3) is 0 Å². The maximum absolute atomic E-state index is 12.8. The molecule has 0 radical (unpaired) electrons. The summed E-state index contributed by atoms with van der Waals surface area (Å²) in [5, 5.41) is 0. The molecule has 0 spiro atoms. The molecule has 4 aliphatic carbocycles. The van der Waals surface area contributed by atoms with Crippen molar-refractivity contribution in [1.82, 2.24) is 0 Å². The Kier molecular flexibility index (Phi) is 3.78. The summed E-state index contributed by atoms with van der Waals surface area (Å²) in [6.45, 7) is 3.77. The topological polar surface area (TPSA) is 43.4 Å². The Labute approximate surface area is 143 Å². The van der Waals surface area contributed by atoms with E-state index in [1.807, 2.05) is 32.0 Å². The lowest BCUT2D eigenvalue weighted by molar-refractivity contribution is -0.170. The molecule has 0 atom stereocenters. The lowest BCUT2D eigenvalue weighted by Gasteiger charge is -2.55. The van der Waals surface area contributed by atoms with Gasteiger partial charge in [-0.25, -0.2) is 0 Å². The Morgan fingerprint density at radius 2 is 1.62 bits per heavy atom. The summed E-state index contributed by atoms with van der Waals surface area (Å²) >= 11 is 0. The van der Waals surface area contributed by atoms with Gasteiger partial charge in [0, 0.05) is 5.56 Å². The minimum absolute atomic E-state index is 0.0886. The summed E-state index contributed by atoms with van der Waals surface area (Å²) < 4.78 is 5.55. The van der Waals surface area contributed by atoms with Crippen molar-refractivity contribution in [3.8, 4) is 0 Å². The van der Waals surface area contributed by atoms with Crippen molar-refractivity contribution in [1.29, 1.82) is 0 Å². The number of hydrogen-bond acceptors (Lipinski definition) is 3. The first-order valence-electron chi connectivity index (χ1n) is 9.23. The van der Waals surface area contributed by atoms with E-state index < -0.39 is 0 Å². The minimum atomic E-state index is -0.281. The van der Waals surface area contributed by atoms with Crippen molar-refractivity contribution in [2.45, 2.75) is 52.4 Å². The number of esters is 1. The van der Waals surface area contributed by atoms with Crippen molar-refractivity contribution >= 4 is 11.8 Å². The maximum atomic E-state index is 12.8. The fourth-order valence-electron chi connectivity index (χ4n) is 5.76. The summed E-state index contributed by atoms with van der Waals surface area (Å²) in [6, 6.07) is 5.83. The fourth-order valence-corrected chi connectivity index (χ4v) is 5.76. The molecule has 24 heavy (non-hydrogen) atoms. The van der Waals surface area contributed by atoms with Crippen LogP contribution in [0.2, 0.25) is 0 Å². The Balaban J connectivity index is 1.43. The zero-order chi connectivity index (χ0) is 16.9. The van der Waals surface area contributed by atoms with Crippen molar-refractivity contribution in [3.05, 3.63) is 34.9 Å².